The number of nitrogens with zero attached hydrogens (tertiary/aromatic N) is 3. The molecule has 6 aromatic rings. The van der Waals surface area contributed by atoms with Gasteiger partial charge in [0.15, 0.2) is 0 Å². The molecule has 3 heterocycles. The molecule has 26 heavy (non-hydrogen) atoms. The van der Waals surface area contributed by atoms with Crippen LogP contribution in [0.4, 0.5) is 0 Å². The van der Waals surface area contributed by atoms with Crippen molar-refractivity contribution in [2.45, 2.75) is 0 Å². The first-order valence-electron chi connectivity index (χ1n) is 8.52. The molecule has 0 radical (unpaired) electrons. The average molecular weight is 335 g/mol. The van der Waals surface area contributed by atoms with E-state index in [1.807, 2.05) is 0 Å². The highest BCUT2D eigenvalue weighted by Gasteiger charge is 2.14. The first-order chi connectivity index (χ1) is 12.9. The minimum atomic E-state index is 0.571. The zero-order valence-corrected chi connectivity index (χ0v) is 13.8. The third-order valence-corrected chi connectivity index (χ3v) is 4.93. The molecule has 0 spiro atoms. The summed E-state index contributed by atoms with van der Waals surface area (Å²) < 4.78 is 8.20. The van der Waals surface area contributed by atoms with Crippen molar-refractivity contribution in [2.24, 2.45) is 0 Å². The van der Waals surface area contributed by atoms with Crippen LogP contribution in [0.15, 0.2) is 83.5 Å². The summed E-state index contributed by atoms with van der Waals surface area (Å²) in [6, 6.07) is 23.2. The Morgan fingerprint density at radius 1 is 0.692 bits per heavy atom. The van der Waals surface area contributed by atoms with Gasteiger partial charge in [0.05, 0.1) is 11.0 Å². The van der Waals surface area contributed by atoms with Crippen molar-refractivity contribution in [3.05, 3.63) is 79.1 Å². The van der Waals surface area contributed by atoms with E-state index in [2.05, 4.69) is 81.3 Å². The second kappa shape index (κ2) is 4.92. The smallest absolute Gasteiger partial charge is 0.246 e. The van der Waals surface area contributed by atoms with Crippen molar-refractivity contribution < 1.29 is 4.42 Å². The summed E-state index contributed by atoms with van der Waals surface area (Å²) in [5.74, 6) is 0. The normalized spacial score (nSPS) is 11.8. The molecule has 0 aliphatic heterocycles. The van der Waals surface area contributed by atoms with E-state index in [0.717, 1.165) is 22.2 Å². The number of rotatable bonds is 1. The first kappa shape index (κ1) is 13.6. The summed E-state index contributed by atoms with van der Waals surface area (Å²) in [4.78, 5) is 8.67. The average Bonchev–Trinajstić information content (AvgIpc) is 3.23. The molecule has 0 unspecified atom stereocenters. The summed E-state index contributed by atoms with van der Waals surface area (Å²) >= 11 is 0. The Kier molecular flexibility index (Phi) is 2.58. The molecule has 6 rings (SSSR count). The molecule has 4 heteroatoms. The zero-order chi connectivity index (χ0) is 17.1. The fourth-order valence-electron chi connectivity index (χ4n) is 3.82. The topological polar surface area (TPSA) is 43.9 Å². The molecular formula is C22H13N3O. The van der Waals surface area contributed by atoms with Crippen LogP contribution in [0.5, 0.6) is 0 Å². The van der Waals surface area contributed by atoms with Crippen molar-refractivity contribution in [1.29, 1.82) is 0 Å². The fourth-order valence-corrected chi connectivity index (χ4v) is 3.82. The largest absolute Gasteiger partial charge is 0.436 e. The maximum absolute atomic E-state index is 5.93. The Hall–Kier alpha value is -3.66. The third kappa shape index (κ3) is 1.73. The highest BCUT2D eigenvalue weighted by Crippen LogP contribution is 2.34. The number of aromatic nitrogens is 3. The summed E-state index contributed by atoms with van der Waals surface area (Å²) in [6.45, 7) is 0. The Labute approximate surface area is 148 Å². The first-order valence-corrected chi connectivity index (χ1v) is 8.52. The van der Waals surface area contributed by atoms with Gasteiger partial charge in [0, 0.05) is 40.3 Å². The molecular weight excluding hydrogens is 322 g/mol. The standard InChI is InChI=1S/C22H13N3O/c1-3-7-18-15(5-1)16-6-2-4-8-19(16)25(18)14-9-10-17-20(13-14)26-22-21(17)23-11-12-24-22/h1-13H. The predicted octanol–water partition coefficient (Wildman–Crippen LogP) is 5.47. The van der Waals surface area contributed by atoms with E-state index in [4.69, 9.17) is 4.42 Å². The van der Waals surface area contributed by atoms with Crippen LogP contribution in [0.1, 0.15) is 0 Å². The van der Waals surface area contributed by atoms with Crippen LogP contribution in [0.3, 0.4) is 0 Å². The Bertz CT molecular complexity index is 1390. The van der Waals surface area contributed by atoms with E-state index in [-0.39, 0.29) is 0 Å². The van der Waals surface area contributed by atoms with Crippen molar-refractivity contribution in [3.63, 3.8) is 0 Å². The second-order valence-corrected chi connectivity index (χ2v) is 6.36. The third-order valence-electron chi connectivity index (χ3n) is 4.93. The van der Waals surface area contributed by atoms with Gasteiger partial charge in [-0.3, -0.25) is 0 Å². The SMILES string of the molecule is c1ccc2c(c1)c1ccccc1n2-c1ccc2c(c1)oc1nccnc12. The monoisotopic (exact) mass is 335 g/mol. The molecule has 0 aliphatic rings. The minimum absolute atomic E-state index is 0.571. The van der Waals surface area contributed by atoms with Gasteiger partial charge in [0.1, 0.15) is 11.1 Å². The lowest BCUT2D eigenvalue weighted by Gasteiger charge is -2.07. The van der Waals surface area contributed by atoms with Crippen LogP contribution in [0, 0.1) is 0 Å². The molecule has 3 aromatic heterocycles. The van der Waals surface area contributed by atoms with E-state index < -0.39 is 0 Å². The van der Waals surface area contributed by atoms with E-state index in [0.29, 0.717) is 5.71 Å². The summed E-state index contributed by atoms with van der Waals surface area (Å²) in [5, 5.41) is 3.48. The van der Waals surface area contributed by atoms with E-state index in [1.165, 1.54) is 21.8 Å². The molecule has 0 N–H and O–H groups in total. The Balaban J connectivity index is 1.73. The molecule has 3 aromatic carbocycles. The number of benzene rings is 3. The predicted molar refractivity (Wildman–Crippen MR) is 104 cm³/mol. The Morgan fingerprint density at radius 2 is 1.38 bits per heavy atom. The van der Waals surface area contributed by atoms with Crippen LogP contribution in [-0.4, -0.2) is 14.5 Å². The molecule has 122 valence electrons. The van der Waals surface area contributed by atoms with Gasteiger partial charge < -0.3 is 8.98 Å². The van der Waals surface area contributed by atoms with Gasteiger partial charge in [-0.2, -0.15) is 0 Å². The van der Waals surface area contributed by atoms with Gasteiger partial charge in [-0.05, 0) is 24.3 Å². The number of para-hydroxylation sites is 2. The lowest BCUT2D eigenvalue weighted by molar-refractivity contribution is 0.652. The quantitative estimate of drug-likeness (QED) is 0.400. The molecule has 0 bridgehead atoms. The van der Waals surface area contributed by atoms with Crippen LogP contribution in [0.25, 0.3) is 49.7 Å². The maximum atomic E-state index is 5.93. The summed E-state index contributed by atoms with van der Waals surface area (Å²) in [7, 11) is 0. The minimum Gasteiger partial charge on any atom is -0.436 e. The van der Waals surface area contributed by atoms with Gasteiger partial charge in [-0.15, -0.1) is 0 Å². The van der Waals surface area contributed by atoms with Gasteiger partial charge in [0.2, 0.25) is 5.71 Å². The van der Waals surface area contributed by atoms with Gasteiger partial charge in [0.25, 0.3) is 0 Å². The van der Waals surface area contributed by atoms with Crippen LogP contribution >= 0.6 is 0 Å². The second-order valence-electron chi connectivity index (χ2n) is 6.36. The number of fused-ring (bicyclic) bond motifs is 6. The molecule has 0 fully saturated rings. The highest BCUT2D eigenvalue weighted by molar-refractivity contribution is 6.09. The lowest BCUT2D eigenvalue weighted by Crippen LogP contribution is -1.93. The van der Waals surface area contributed by atoms with Crippen LogP contribution in [-0.2, 0) is 0 Å². The van der Waals surface area contributed by atoms with Crippen LogP contribution in [0.2, 0.25) is 0 Å². The van der Waals surface area contributed by atoms with E-state index in [1.54, 1.807) is 12.4 Å². The molecule has 0 atom stereocenters. The van der Waals surface area contributed by atoms with Gasteiger partial charge in [-0.1, -0.05) is 36.4 Å². The van der Waals surface area contributed by atoms with Gasteiger partial charge in [-0.25, -0.2) is 9.97 Å². The molecule has 0 amide bonds. The molecule has 0 aliphatic carbocycles. The fraction of sp³-hybridized carbons (Fsp3) is 0. The van der Waals surface area contributed by atoms with Crippen molar-refractivity contribution in [2.75, 3.05) is 0 Å². The maximum Gasteiger partial charge on any atom is 0.246 e. The number of furan rings is 1. The number of hydrogen-bond donors (Lipinski definition) is 0. The van der Waals surface area contributed by atoms with E-state index >= 15 is 0 Å². The van der Waals surface area contributed by atoms with Crippen molar-refractivity contribution in [3.8, 4) is 5.69 Å². The lowest BCUT2D eigenvalue weighted by atomic mass is 10.2. The van der Waals surface area contributed by atoms with Crippen LogP contribution < -0.4 is 0 Å². The van der Waals surface area contributed by atoms with Crippen molar-refractivity contribution >= 4 is 44.0 Å². The van der Waals surface area contributed by atoms with Gasteiger partial charge >= 0.3 is 0 Å². The highest BCUT2D eigenvalue weighted by atomic mass is 16.3. The zero-order valence-electron chi connectivity index (χ0n) is 13.8. The van der Waals surface area contributed by atoms with Crippen molar-refractivity contribution in [1.82, 2.24) is 14.5 Å². The van der Waals surface area contributed by atoms with E-state index in [9.17, 15) is 0 Å². The molecule has 4 nitrogen and oxygen atoms in total. The number of hydrogen-bond acceptors (Lipinski definition) is 3. The summed E-state index contributed by atoms with van der Waals surface area (Å²) in [5.41, 5.74) is 5.60. The Morgan fingerprint density at radius 3 is 2.15 bits per heavy atom. The summed E-state index contributed by atoms with van der Waals surface area (Å²) in [6.07, 6.45) is 3.34. The molecule has 0 saturated heterocycles. The molecule has 0 saturated carbocycles.